The molecular weight excluding hydrogens is 320 g/mol. The van der Waals surface area contributed by atoms with Gasteiger partial charge in [-0.3, -0.25) is 9.69 Å². The highest BCUT2D eigenvalue weighted by Crippen LogP contribution is 2.41. The Morgan fingerprint density at radius 3 is 2.20 bits per heavy atom. The molecule has 1 aliphatic heterocycles. The molecule has 2 aliphatic carbocycles. The van der Waals surface area contributed by atoms with Crippen LogP contribution in [0.4, 0.5) is 4.79 Å². The normalized spacial score (nSPS) is 28.1. The van der Waals surface area contributed by atoms with Crippen molar-refractivity contribution in [2.24, 2.45) is 5.41 Å². The number of amides is 3. The minimum atomic E-state index is -0.556. The number of hydrogen-bond acceptors (Lipinski definition) is 2. The Hall–Kier alpha value is -0.580. The summed E-state index contributed by atoms with van der Waals surface area (Å²) in [5.41, 5.74) is -0.464. The van der Waals surface area contributed by atoms with Gasteiger partial charge in [0.2, 0.25) is 0 Å². The van der Waals surface area contributed by atoms with Crippen LogP contribution in [0.3, 0.4) is 0 Å². The maximum Gasteiger partial charge on any atom is 0.325 e. The van der Waals surface area contributed by atoms with Crippen LogP contribution >= 0.6 is 15.9 Å². The van der Waals surface area contributed by atoms with Gasteiger partial charge in [-0.2, -0.15) is 0 Å². The summed E-state index contributed by atoms with van der Waals surface area (Å²) in [4.78, 5) is 26.5. The lowest BCUT2D eigenvalue weighted by molar-refractivity contribution is -0.132. The number of imide groups is 1. The van der Waals surface area contributed by atoms with Crippen LogP contribution in [0.5, 0.6) is 0 Å². The lowest BCUT2D eigenvalue weighted by Gasteiger charge is -2.38. The molecule has 5 heteroatoms. The van der Waals surface area contributed by atoms with Crippen molar-refractivity contribution in [3.05, 3.63) is 0 Å². The minimum Gasteiger partial charge on any atom is -0.323 e. The van der Waals surface area contributed by atoms with Crippen molar-refractivity contribution in [1.82, 2.24) is 10.2 Å². The predicted molar refractivity (Wildman–Crippen MR) is 80.8 cm³/mol. The van der Waals surface area contributed by atoms with E-state index in [-0.39, 0.29) is 17.4 Å². The van der Waals surface area contributed by atoms with Gasteiger partial charge in [0.1, 0.15) is 5.54 Å². The zero-order valence-electron chi connectivity index (χ0n) is 11.9. The second kappa shape index (κ2) is 5.32. The Bertz CT molecular complexity index is 412. The van der Waals surface area contributed by atoms with Crippen molar-refractivity contribution in [2.45, 2.75) is 63.3 Å². The largest absolute Gasteiger partial charge is 0.325 e. The van der Waals surface area contributed by atoms with Crippen LogP contribution in [0, 0.1) is 5.41 Å². The highest BCUT2D eigenvalue weighted by atomic mass is 79.9. The molecule has 1 N–H and O–H groups in total. The zero-order valence-corrected chi connectivity index (χ0v) is 13.5. The molecular formula is C15H23BrN2O2. The van der Waals surface area contributed by atoms with E-state index >= 15 is 0 Å². The molecule has 0 bridgehead atoms. The summed E-state index contributed by atoms with van der Waals surface area (Å²) in [6, 6.07) is -0.164. The molecule has 0 atom stereocenters. The molecule has 20 heavy (non-hydrogen) atoms. The van der Waals surface area contributed by atoms with E-state index in [0.717, 1.165) is 43.9 Å². The first-order valence-electron chi connectivity index (χ1n) is 7.81. The van der Waals surface area contributed by atoms with Gasteiger partial charge in [0.15, 0.2) is 0 Å². The van der Waals surface area contributed by atoms with E-state index in [0.29, 0.717) is 6.54 Å². The first kappa shape index (κ1) is 14.4. The van der Waals surface area contributed by atoms with Gasteiger partial charge in [-0.15, -0.1) is 0 Å². The van der Waals surface area contributed by atoms with Crippen LogP contribution in [0.25, 0.3) is 0 Å². The molecule has 0 aromatic carbocycles. The van der Waals surface area contributed by atoms with Crippen LogP contribution < -0.4 is 5.32 Å². The molecule has 3 rings (SSSR count). The highest BCUT2D eigenvalue weighted by Gasteiger charge is 2.53. The molecule has 1 saturated heterocycles. The summed E-state index contributed by atoms with van der Waals surface area (Å²) in [6.07, 6.45) is 9.64. The summed E-state index contributed by atoms with van der Waals surface area (Å²) in [5, 5.41) is 3.86. The fourth-order valence-corrected chi connectivity index (χ4v) is 4.85. The van der Waals surface area contributed by atoms with Gasteiger partial charge in [0, 0.05) is 11.9 Å². The van der Waals surface area contributed by atoms with E-state index in [1.165, 1.54) is 24.2 Å². The molecule has 3 fully saturated rings. The Labute approximate surface area is 128 Å². The Morgan fingerprint density at radius 1 is 1.00 bits per heavy atom. The summed E-state index contributed by atoms with van der Waals surface area (Å²) in [6.45, 7) is 0.588. The average Bonchev–Trinajstić information content (AvgIpc) is 3.02. The Morgan fingerprint density at radius 2 is 1.60 bits per heavy atom. The lowest BCUT2D eigenvalue weighted by atomic mass is 9.75. The Kier molecular flexibility index (Phi) is 3.82. The monoisotopic (exact) mass is 342 g/mol. The molecule has 112 valence electrons. The molecule has 1 spiro atoms. The third-order valence-electron chi connectivity index (χ3n) is 5.39. The van der Waals surface area contributed by atoms with Gasteiger partial charge in [0.25, 0.3) is 5.91 Å². The van der Waals surface area contributed by atoms with Crippen LogP contribution in [0.1, 0.15) is 57.8 Å². The number of carbonyl (C=O) groups excluding carboxylic acids is 2. The fraction of sp³-hybridized carbons (Fsp3) is 0.867. The number of hydrogen-bond donors (Lipinski definition) is 1. The fourth-order valence-electron chi connectivity index (χ4n) is 4.11. The van der Waals surface area contributed by atoms with Gasteiger partial charge in [-0.25, -0.2) is 4.79 Å². The van der Waals surface area contributed by atoms with Gasteiger partial charge < -0.3 is 5.32 Å². The molecule has 4 nitrogen and oxygen atoms in total. The van der Waals surface area contributed by atoms with Crippen LogP contribution in [0.15, 0.2) is 0 Å². The number of carbonyl (C=O) groups is 2. The van der Waals surface area contributed by atoms with E-state index in [4.69, 9.17) is 0 Å². The second-order valence-corrected chi connectivity index (χ2v) is 7.37. The van der Waals surface area contributed by atoms with E-state index in [1.54, 1.807) is 0 Å². The number of rotatable bonds is 3. The van der Waals surface area contributed by atoms with Crippen LogP contribution in [-0.2, 0) is 4.79 Å². The van der Waals surface area contributed by atoms with Crippen molar-refractivity contribution >= 4 is 27.9 Å². The topological polar surface area (TPSA) is 49.4 Å². The standard InChI is InChI=1S/C15H23BrN2O2/c16-10-14(6-2-1-3-7-14)11-18-12(19)15(17-13(18)20)8-4-5-9-15/h1-11H2,(H,17,20). The summed E-state index contributed by atoms with van der Waals surface area (Å²) in [5.74, 6) is 0.0332. The lowest BCUT2D eigenvalue weighted by Crippen LogP contribution is -2.46. The van der Waals surface area contributed by atoms with Gasteiger partial charge in [0.05, 0.1) is 0 Å². The second-order valence-electron chi connectivity index (χ2n) is 6.80. The molecule has 2 saturated carbocycles. The number of nitrogens with zero attached hydrogens (tertiary/aromatic N) is 1. The molecule has 1 heterocycles. The minimum absolute atomic E-state index is 0.0332. The maximum absolute atomic E-state index is 12.7. The van der Waals surface area contributed by atoms with E-state index in [2.05, 4.69) is 21.2 Å². The van der Waals surface area contributed by atoms with E-state index < -0.39 is 5.54 Å². The van der Waals surface area contributed by atoms with Crippen molar-refractivity contribution in [1.29, 1.82) is 0 Å². The van der Waals surface area contributed by atoms with Gasteiger partial charge in [-0.1, -0.05) is 48.0 Å². The highest BCUT2D eigenvalue weighted by molar-refractivity contribution is 9.09. The summed E-state index contributed by atoms with van der Waals surface area (Å²) in [7, 11) is 0. The van der Waals surface area contributed by atoms with Crippen LogP contribution in [0.2, 0.25) is 0 Å². The SMILES string of the molecule is O=C1NC2(CCCC2)C(=O)N1CC1(CBr)CCCCC1. The molecule has 0 unspecified atom stereocenters. The van der Waals surface area contributed by atoms with E-state index in [1.807, 2.05) is 0 Å². The molecule has 0 aromatic rings. The van der Waals surface area contributed by atoms with E-state index in [9.17, 15) is 9.59 Å². The Balaban J connectivity index is 1.76. The zero-order chi connectivity index (χ0) is 14.2. The average molecular weight is 343 g/mol. The summed E-state index contributed by atoms with van der Waals surface area (Å²) < 4.78 is 0. The molecule has 0 radical (unpaired) electrons. The third kappa shape index (κ3) is 2.28. The van der Waals surface area contributed by atoms with Crippen molar-refractivity contribution in [3.8, 4) is 0 Å². The van der Waals surface area contributed by atoms with Crippen molar-refractivity contribution in [2.75, 3.05) is 11.9 Å². The van der Waals surface area contributed by atoms with Crippen LogP contribution in [-0.4, -0.2) is 34.3 Å². The predicted octanol–water partition coefficient (Wildman–Crippen LogP) is 3.20. The first-order chi connectivity index (χ1) is 9.61. The molecule has 0 aromatic heterocycles. The third-order valence-corrected chi connectivity index (χ3v) is 6.58. The smallest absolute Gasteiger partial charge is 0.323 e. The number of alkyl halides is 1. The number of urea groups is 1. The van der Waals surface area contributed by atoms with Crippen molar-refractivity contribution in [3.63, 3.8) is 0 Å². The number of halogens is 1. The molecule has 3 amide bonds. The maximum atomic E-state index is 12.7. The first-order valence-corrected chi connectivity index (χ1v) is 8.93. The summed E-state index contributed by atoms with van der Waals surface area (Å²) >= 11 is 3.62. The quantitative estimate of drug-likeness (QED) is 0.632. The van der Waals surface area contributed by atoms with Gasteiger partial charge in [-0.05, 0) is 31.1 Å². The van der Waals surface area contributed by atoms with Crippen molar-refractivity contribution < 1.29 is 9.59 Å². The molecule has 3 aliphatic rings. The van der Waals surface area contributed by atoms with Gasteiger partial charge >= 0.3 is 6.03 Å². The number of nitrogens with one attached hydrogen (secondary N) is 1.